The van der Waals surface area contributed by atoms with Crippen LogP contribution in [0, 0.1) is 22.9 Å². The molecule has 2 aromatic carbocycles. The molecule has 7 heteroatoms. The first-order valence-corrected chi connectivity index (χ1v) is 8.92. The van der Waals surface area contributed by atoms with Gasteiger partial charge in [0.2, 0.25) is 0 Å². The Morgan fingerprint density at radius 3 is 2.81 bits per heavy atom. The van der Waals surface area contributed by atoms with Crippen LogP contribution in [0.5, 0.6) is 0 Å². The van der Waals surface area contributed by atoms with Crippen LogP contribution in [0.2, 0.25) is 0 Å². The van der Waals surface area contributed by atoms with E-state index in [0.29, 0.717) is 16.9 Å². The lowest BCUT2D eigenvalue weighted by Gasteiger charge is -2.11. The largest absolute Gasteiger partial charge is 0.370 e. The van der Waals surface area contributed by atoms with E-state index in [4.69, 9.17) is 0 Å². The lowest BCUT2D eigenvalue weighted by atomic mass is 10.0. The van der Waals surface area contributed by atoms with E-state index in [9.17, 15) is 14.5 Å². The highest BCUT2D eigenvalue weighted by Gasteiger charge is 2.24. The zero-order chi connectivity index (χ0) is 19.0. The monoisotopic (exact) mass is 366 g/mol. The van der Waals surface area contributed by atoms with Crippen molar-refractivity contribution < 1.29 is 9.31 Å². The maximum absolute atomic E-state index is 14.4. The Hall–Kier alpha value is -3.22. The molecule has 0 spiro atoms. The number of aryl methyl sites for hydroxylation is 1. The number of aromatic nitrogens is 2. The van der Waals surface area contributed by atoms with Gasteiger partial charge in [0, 0.05) is 29.8 Å². The maximum atomic E-state index is 14.4. The van der Waals surface area contributed by atoms with Gasteiger partial charge in [0.15, 0.2) is 0 Å². The van der Waals surface area contributed by atoms with Crippen molar-refractivity contribution in [3.63, 3.8) is 0 Å². The van der Waals surface area contributed by atoms with Crippen molar-refractivity contribution in [3.8, 4) is 16.9 Å². The first kappa shape index (κ1) is 17.2. The lowest BCUT2D eigenvalue weighted by Crippen LogP contribution is -2.08. The fourth-order valence-corrected chi connectivity index (χ4v) is 3.49. The number of benzene rings is 2. The zero-order valence-corrected chi connectivity index (χ0v) is 14.9. The van der Waals surface area contributed by atoms with Gasteiger partial charge in [-0.25, -0.2) is 9.07 Å². The van der Waals surface area contributed by atoms with Crippen LogP contribution in [0.4, 0.5) is 15.9 Å². The molecule has 0 aliphatic carbocycles. The lowest BCUT2D eigenvalue weighted by molar-refractivity contribution is -0.384. The molecule has 1 aliphatic heterocycles. The Balaban J connectivity index is 1.96. The first-order valence-electron chi connectivity index (χ1n) is 8.92. The van der Waals surface area contributed by atoms with E-state index < -0.39 is 4.92 Å². The van der Waals surface area contributed by atoms with E-state index in [2.05, 4.69) is 10.4 Å². The van der Waals surface area contributed by atoms with Crippen LogP contribution < -0.4 is 5.32 Å². The molecule has 4 rings (SSSR count). The summed E-state index contributed by atoms with van der Waals surface area (Å²) in [6.45, 7) is 2.66. The second-order valence-electron chi connectivity index (χ2n) is 6.68. The van der Waals surface area contributed by atoms with Crippen LogP contribution >= 0.6 is 0 Å². The molecule has 0 bridgehead atoms. The number of fused-ring (bicyclic) bond motifs is 1. The third-order valence-electron chi connectivity index (χ3n) is 4.89. The summed E-state index contributed by atoms with van der Waals surface area (Å²) in [5.74, 6) is 0.458. The van der Waals surface area contributed by atoms with Gasteiger partial charge >= 0.3 is 0 Å². The molecular formula is C20H19FN4O2. The summed E-state index contributed by atoms with van der Waals surface area (Å²) in [7, 11) is 0. The van der Waals surface area contributed by atoms with E-state index in [1.807, 2.05) is 6.92 Å². The molecule has 2 heterocycles. The van der Waals surface area contributed by atoms with Gasteiger partial charge in [-0.2, -0.15) is 5.10 Å². The van der Waals surface area contributed by atoms with Gasteiger partial charge in [-0.15, -0.1) is 0 Å². The normalized spacial score (nSPS) is 13.6. The van der Waals surface area contributed by atoms with E-state index in [1.54, 1.807) is 28.9 Å². The van der Waals surface area contributed by atoms with Crippen molar-refractivity contribution in [1.82, 2.24) is 9.78 Å². The van der Waals surface area contributed by atoms with Gasteiger partial charge in [0.05, 0.1) is 10.6 Å². The van der Waals surface area contributed by atoms with Gasteiger partial charge in [0.1, 0.15) is 17.3 Å². The molecule has 0 atom stereocenters. The van der Waals surface area contributed by atoms with E-state index >= 15 is 0 Å². The SMILES string of the molecule is Cc1ccc([N+](=O)[O-])cc1-n1nc(-c2ccccc2F)c2c1NCCCC2. The van der Waals surface area contributed by atoms with Gasteiger partial charge in [-0.1, -0.05) is 18.2 Å². The van der Waals surface area contributed by atoms with Crippen molar-refractivity contribution in [2.45, 2.75) is 26.2 Å². The number of nitrogens with zero attached hydrogens (tertiary/aromatic N) is 3. The van der Waals surface area contributed by atoms with Gasteiger partial charge in [-0.05, 0) is 43.9 Å². The Kier molecular flexibility index (Phi) is 4.35. The van der Waals surface area contributed by atoms with Gasteiger partial charge in [-0.3, -0.25) is 10.1 Å². The van der Waals surface area contributed by atoms with E-state index in [1.165, 1.54) is 18.2 Å². The minimum Gasteiger partial charge on any atom is -0.370 e. The Morgan fingerprint density at radius 1 is 1.22 bits per heavy atom. The van der Waals surface area contributed by atoms with E-state index in [-0.39, 0.29) is 11.5 Å². The predicted octanol–water partition coefficient (Wildman–Crippen LogP) is 4.64. The Morgan fingerprint density at radius 2 is 2.04 bits per heavy atom. The van der Waals surface area contributed by atoms with Crippen molar-refractivity contribution in [3.05, 3.63) is 69.5 Å². The third-order valence-corrected chi connectivity index (χ3v) is 4.89. The summed E-state index contributed by atoms with van der Waals surface area (Å²) in [5, 5.41) is 19.3. The standard InChI is InChI=1S/C20H19FN4O2/c1-13-9-10-14(25(26)27)12-18(13)24-20-16(7-4-5-11-22-20)19(23-24)15-6-2-3-8-17(15)21/h2-3,6,8-10,12,22H,4-5,7,11H2,1H3. The fraction of sp³-hybridized carbons (Fsp3) is 0.250. The molecule has 0 fully saturated rings. The molecular weight excluding hydrogens is 347 g/mol. The average molecular weight is 366 g/mol. The molecule has 27 heavy (non-hydrogen) atoms. The van der Waals surface area contributed by atoms with E-state index in [0.717, 1.165) is 42.8 Å². The molecule has 138 valence electrons. The number of halogens is 1. The number of nitro benzene ring substituents is 1. The minimum absolute atomic E-state index is 0.000846. The van der Waals surface area contributed by atoms with Crippen LogP contribution in [0.15, 0.2) is 42.5 Å². The topological polar surface area (TPSA) is 73.0 Å². The Bertz CT molecular complexity index is 1030. The van der Waals surface area contributed by atoms with Crippen LogP contribution in [-0.4, -0.2) is 21.2 Å². The number of nitrogens with one attached hydrogen (secondary N) is 1. The second kappa shape index (κ2) is 6.83. The summed E-state index contributed by atoms with van der Waals surface area (Å²) >= 11 is 0. The number of rotatable bonds is 3. The van der Waals surface area contributed by atoms with Crippen LogP contribution in [-0.2, 0) is 6.42 Å². The first-order chi connectivity index (χ1) is 13.1. The fourth-order valence-electron chi connectivity index (χ4n) is 3.49. The molecule has 0 saturated carbocycles. The number of nitro groups is 1. The number of hydrogen-bond donors (Lipinski definition) is 1. The van der Waals surface area contributed by atoms with Crippen molar-refractivity contribution in [2.75, 3.05) is 11.9 Å². The predicted molar refractivity (Wildman–Crippen MR) is 102 cm³/mol. The number of anilines is 1. The summed E-state index contributed by atoms with van der Waals surface area (Å²) in [6.07, 6.45) is 2.75. The molecule has 6 nitrogen and oxygen atoms in total. The van der Waals surface area contributed by atoms with Crippen LogP contribution in [0.1, 0.15) is 24.0 Å². The van der Waals surface area contributed by atoms with Crippen molar-refractivity contribution >= 4 is 11.5 Å². The summed E-state index contributed by atoms with van der Waals surface area (Å²) in [4.78, 5) is 10.8. The van der Waals surface area contributed by atoms with Crippen LogP contribution in [0.25, 0.3) is 16.9 Å². The second-order valence-corrected chi connectivity index (χ2v) is 6.68. The molecule has 3 aromatic rings. The van der Waals surface area contributed by atoms with Crippen molar-refractivity contribution in [2.24, 2.45) is 0 Å². The average Bonchev–Trinajstić information content (AvgIpc) is 2.84. The highest BCUT2D eigenvalue weighted by Crippen LogP contribution is 2.36. The molecule has 1 N–H and O–H groups in total. The minimum atomic E-state index is -0.420. The van der Waals surface area contributed by atoms with Gasteiger partial charge < -0.3 is 5.32 Å². The number of hydrogen-bond acceptors (Lipinski definition) is 4. The summed E-state index contributed by atoms with van der Waals surface area (Å²) in [5.41, 5.74) is 3.46. The third kappa shape index (κ3) is 3.05. The highest BCUT2D eigenvalue weighted by atomic mass is 19.1. The molecule has 0 radical (unpaired) electrons. The highest BCUT2D eigenvalue weighted by molar-refractivity contribution is 5.72. The quantitative estimate of drug-likeness (QED) is 0.541. The molecule has 1 aromatic heterocycles. The molecule has 1 aliphatic rings. The van der Waals surface area contributed by atoms with Crippen LogP contribution in [0.3, 0.4) is 0 Å². The maximum Gasteiger partial charge on any atom is 0.271 e. The van der Waals surface area contributed by atoms with Crippen molar-refractivity contribution in [1.29, 1.82) is 0 Å². The summed E-state index contributed by atoms with van der Waals surface area (Å²) in [6, 6.07) is 11.3. The van der Waals surface area contributed by atoms with Gasteiger partial charge in [0.25, 0.3) is 5.69 Å². The molecule has 0 unspecified atom stereocenters. The Labute approximate surface area is 155 Å². The number of non-ortho nitro benzene ring substituents is 1. The summed E-state index contributed by atoms with van der Waals surface area (Å²) < 4.78 is 16.1. The smallest absolute Gasteiger partial charge is 0.271 e. The molecule has 0 saturated heterocycles. The zero-order valence-electron chi connectivity index (χ0n) is 14.9. The molecule has 0 amide bonds.